The number of imidazole rings is 1. The smallest absolute Gasteiger partial charge is 0.322 e. The molecule has 5 N–H and O–H groups in total. The van der Waals surface area contributed by atoms with Gasteiger partial charge in [-0.25, -0.2) is 9.78 Å². The zero-order valence-electron chi connectivity index (χ0n) is 7.50. The minimum absolute atomic E-state index is 0.299. The summed E-state index contributed by atoms with van der Waals surface area (Å²) >= 11 is 0. The highest BCUT2D eigenvalue weighted by atomic mass is 31.2. The molecule has 0 saturated carbocycles. The molecule has 0 aliphatic carbocycles. The molecule has 2 heterocycles. The first-order valence-corrected chi connectivity index (χ1v) is 7.11. The van der Waals surface area contributed by atoms with Crippen molar-refractivity contribution in [3.05, 3.63) is 18.2 Å². The van der Waals surface area contributed by atoms with E-state index in [9.17, 15) is 9.36 Å². The summed E-state index contributed by atoms with van der Waals surface area (Å²) in [7, 11) is -10.0. The lowest BCUT2D eigenvalue weighted by Gasteiger charge is -2.14. The number of hydrogen-bond donors (Lipinski definition) is 5. The van der Waals surface area contributed by atoms with Gasteiger partial charge in [0.1, 0.15) is 0 Å². The average molecular weight is 269 g/mol. The minimum Gasteiger partial charge on any atom is -0.322 e. The highest BCUT2D eigenvalue weighted by Gasteiger charge is 2.79. The first kappa shape index (κ1) is 11.8. The van der Waals surface area contributed by atoms with Crippen LogP contribution in [-0.2, 0) is 14.6 Å². The average Bonchev–Trinajstić information content (AvgIpc) is 2.51. The Bertz CT molecular complexity index is 493. The number of hydrogen-bond acceptors (Lipinski definition) is 6. The molecule has 2 rings (SSSR count). The van der Waals surface area contributed by atoms with Gasteiger partial charge in [0.05, 0.1) is 0 Å². The lowest BCUT2D eigenvalue weighted by molar-refractivity contribution is -0.116. The van der Waals surface area contributed by atoms with Crippen LogP contribution in [0.3, 0.4) is 0 Å². The topological polar surface area (TPSA) is 153 Å². The summed E-state index contributed by atoms with van der Waals surface area (Å²) < 4.78 is 12.0. The minimum atomic E-state index is -5.05. The SMILES string of the molecule is O=C(C1(P(=O)(O)O)c2nccn21)[P+](O)(O)O. The fourth-order valence-electron chi connectivity index (χ4n) is 1.55. The van der Waals surface area contributed by atoms with Crippen LogP contribution in [0, 0.1) is 0 Å². The van der Waals surface area contributed by atoms with Gasteiger partial charge in [-0.05, 0) is 0 Å². The van der Waals surface area contributed by atoms with Crippen molar-refractivity contribution >= 4 is 21.1 Å². The molecular formula is C5H7N2O7P2+. The third kappa shape index (κ3) is 1.25. The van der Waals surface area contributed by atoms with Crippen molar-refractivity contribution in [3.63, 3.8) is 0 Å². The van der Waals surface area contributed by atoms with Gasteiger partial charge in [0.2, 0.25) is 0 Å². The van der Waals surface area contributed by atoms with Crippen molar-refractivity contribution < 1.29 is 33.8 Å². The fourth-order valence-corrected chi connectivity index (χ4v) is 4.04. The Morgan fingerprint density at radius 2 is 2.00 bits per heavy atom. The molecule has 0 fully saturated rings. The Labute approximate surface area is 88.7 Å². The summed E-state index contributed by atoms with van der Waals surface area (Å²) in [6, 6.07) is 0. The van der Waals surface area contributed by atoms with Crippen LogP contribution in [0.2, 0.25) is 0 Å². The van der Waals surface area contributed by atoms with E-state index in [4.69, 9.17) is 24.5 Å². The second-order valence-electron chi connectivity index (χ2n) is 3.21. The van der Waals surface area contributed by atoms with Crippen molar-refractivity contribution in [2.24, 2.45) is 0 Å². The molecular weight excluding hydrogens is 262 g/mol. The van der Waals surface area contributed by atoms with Crippen LogP contribution in [0.1, 0.15) is 5.82 Å². The molecule has 0 aromatic carbocycles. The number of carbonyl (C=O) groups is 1. The second kappa shape index (κ2) is 2.96. The van der Waals surface area contributed by atoms with Gasteiger partial charge in [-0.3, -0.25) is 9.13 Å². The maximum atomic E-state index is 11.5. The number of fused-ring (bicyclic) bond motifs is 1. The van der Waals surface area contributed by atoms with Crippen molar-refractivity contribution in [3.8, 4) is 0 Å². The molecule has 16 heavy (non-hydrogen) atoms. The lowest BCUT2D eigenvalue weighted by atomic mass is 10.4. The Kier molecular flexibility index (Phi) is 2.19. The zero-order valence-corrected chi connectivity index (χ0v) is 9.28. The van der Waals surface area contributed by atoms with Crippen LogP contribution in [0.4, 0.5) is 0 Å². The van der Waals surface area contributed by atoms with Crippen molar-refractivity contribution in [1.82, 2.24) is 9.55 Å². The normalized spacial score (nSPS) is 24.1. The number of rotatable bonds is 3. The van der Waals surface area contributed by atoms with Gasteiger partial charge >= 0.3 is 26.3 Å². The Hall–Kier alpha value is -0.660. The van der Waals surface area contributed by atoms with Crippen LogP contribution in [0.5, 0.6) is 0 Å². The summed E-state index contributed by atoms with van der Waals surface area (Å²) in [5.41, 5.74) is -1.73. The van der Waals surface area contributed by atoms with Gasteiger partial charge < -0.3 is 9.79 Å². The molecule has 1 atom stereocenters. The molecule has 0 amide bonds. The predicted molar refractivity (Wildman–Crippen MR) is 49.9 cm³/mol. The molecule has 0 spiro atoms. The number of nitrogens with zero attached hydrogens (tertiary/aromatic N) is 2. The number of aromatic nitrogens is 2. The molecule has 1 aromatic rings. The third-order valence-corrected chi connectivity index (χ3v) is 4.75. The van der Waals surface area contributed by atoms with E-state index in [1.54, 1.807) is 0 Å². The molecule has 1 aromatic heterocycles. The highest BCUT2D eigenvalue weighted by Crippen LogP contribution is 2.72. The molecule has 9 nitrogen and oxygen atoms in total. The Morgan fingerprint density at radius 3 is 2.31 bits per heavy atom. The summed E-state index contributed by atoms with van der Waals surface area (Å²) in [5.74, 6) is -0.299. The van der Waals surface area contributed by atoms with Crippen LogP contribution in [-0.4, -0.2) is 39.5 Å². The molecule has 88 valence electrons. The van der Waals surface area contributed by atoms with E-state index in [0.29, 0.717) is 0 Å². The zero-order chi connectivity index (χ0) is 12.4. The van der Waals surface area contributed by atoms with Gasteiger partial charge in [0.15, 0.2) is 5.82 Å². The maximum absolute atomic E-state index is 11.5. The van der Waals surface area contributed by atoms with Crippen LogP contribution in [0.15, 0.2) is 12.4 Å². The van der Waals surface area contributed by atoms with Crippen LogP contribution < -0.4 is 0 Å². The van der Waals surface area contributed by atoms with Gasteiger partial charge in [-0.15, -0.1) is 0 Å². The maximum Gasteiger partial charge on any atom is 0.482 e. The van der Waals surface area contributed by atoms with Gasteiger partial charge in [-0.2, -0.15) is 14.7 Å². The molecule has 11 heteroatoms. The van der Waals surface area contributed by atoms with E-state index >= 15 is 0 Å². The van der Waals surface area contributed by atoms with E-state index < -0.39 is 26.3 Å². The summed E-state index contributed by atoms with van der Waals surface area (Å²) in [6.45, 7) is 0. The second-order valence-corrected chi connectivity index (χ2v) is 6.49. The summed E-state index contributed by atoms with van der Waals surface area (Å²) in [4.78, 5) is 59.5. The van der Waals surface area contributed by atoms with Crippen LogP contribution >= 0.6 is 15.5 Å². The largest absolute Gasteiger partial charge is 0.482 e. The number of carbonyl (C=O) groups excluding carboxylic acids is 1. The standard InChI is InChI=1S/C5H6N2O7P2/c8-4(15(9,10)11)5(16(12,13)14)3-6-1-2-7(3)5/h1-2,9-11H,(H-,12,13,14)/p+1. The predicted octanol–water partition coefficient (Wildman–Crippen LogP) is -1.66. The highest BCUT2D eigenvalue weighted by molar-refractivity contribution is 7.78. The summed E-state index contributed by atoms with van der Waals surface area (Å²) in [6.07, 6.45) is 2.28. The third-order valence-electron chi connectivity index (χ3n) is 2.24. The van der Waals surface area contributed by atoms with Crippen LogP contribution in [0.25, 0.3) is 0 Å². The first-order valence-electron chi connectivity index (χ1n) is 3.85. The lowest BCUT2D eigenvalue weighted by Crippen LogP contribution is -2.28. The van der Waals surface area contributed by atoms with Crippen molar-refractivity contribution in [2.75, 3.05) is 0 Å². The first-order chi connectivity index (χ1) is 7.13. The molecule has 0 bridgehead atoms. The van der Waals surface area contributed by atoms with Gasteiger partial charge in [-0.1, -0.05) is 0 Å². The van der Waals surface area contributed by atoms with Crippen molar-refractivity contribution in [1.29, 1.82) is 0 Å². The molecule has 0 saturated heterocycles. The van der Waals surface area contributed by atoms with Crippen molar-refractivity contribution in [2.45, 2.75) is 5.28 Å². The molecule has 1 unspecified atom stereocenters. The quantitative estimate of drug-likeness (QED) is 0.408. The molecule has 1 aliphatic rings. The summed E-state index contributed by atoms with van der Waals surface area (Å²) in [5, 5.41) is -2.53. The van der Waals surface area contributed by atoms with Gasteiger partial charge in [0, 0.05) is 12.4 Å². The van der Waals surface area contributed by atoms with E-state index in [1.165, 1.54) is 6.20 Å². The van der Waals surface area contributed by atoms with E-state index in [2.05, 4.69) is 4.98 Å². The fraction of sp³-hybridized carbons (Fsp3) is 0.200. The Balaban J connectivity index is 2.54. The Morgan fingerprint density at radius 1 is 1.44 bits per heavy atom. The van der Waals surface area contributed by atoms with E-state index in [0.717, 1.165) is 10.8 Å². The molecule has 0 radical (unpaired) electrons. The van der Waals surface area contributed by atoms with E-state index in [-0.39, 0.29) is 5.82 Å². The monoisotopic (exact) mass is 269 g/mol. The van der Waals surface area contributed by atoms with E-state index in [1.807, 2.05) is 0 Å². The van der Waals surface area contributed by atoms with Gasteiger partial charge in [0.25, 0.3) is 0 Å². The molecule has 1 aliphatic heterocycles.